The van der Waals surface area contributed by atoms with E-state index in [4.69, 9.17) is 5.11 Å². The fourth-order valence-electron chi connectivity index (χ4n) is 0.909. The number of rotatable bonds is 3. The number of allylic oxidation sites excluding steroid dienone is 1. The lowest BCUT2D eigenvalue weighted by Gasteiger charge is -1.94. The predicted molar refractivity (Wildman–Crippen MR) is 47.0 cm³/mol. The Balaban J connectivity index is 2.62. The monoisotopic (exact) mass is 180 g/mol. The van der Waals surface area contributed by atoms with Crippen molar-refractivity contribution in [3.05, 3.63) is 47.8 Å². The highest BCUT2D eigenvalue weighted by Crippen LogP contribution is 2.04. The summed E-state index contributed by atoms with van der Waals surface area (Å²) in [6, 6.07) is 9.11. The van der Waals surface area contributed by atoms with Gasteiger partial charge < -0.3 is 5.11 Å². The van der Waals surface area contributed by atoms with Crippen molar-refractivity contribution in [2.45, 2.75) is 6.42 Å². The van der Waals surface area contributed by atoms with E-state index in [1.807, 2.05) is 30.3 Å². The van der Waals surface area contributed by atoms with E-state index >= 15 is 0 Å². The summed E-state index contributed by atoms with van der Waals surface area (Å²) in [5, 5.41) is 8.22. The van der Waals surface area contributed by atoms with Gasteiger partial charge >= 0.3 is 5.97 Å². The molecule has 0 saturated heterocycles. The molecule has 1 rings (SSSR count). The smallest absolute Gasteiger partial charge is 0.364 e. The summed E-state index contributed by atoms with van der Waals surface area (Å²) in [5.41, 5.74) is 0.888. The van der Waals surface area contributed by atoms with Crippen LogP contribution in [0.3, 0.4) is 0 Å². The zero-order chi connectivity index (χ0) is 9.68. The number of carboxylic acids is 1. The van der Waals surface area contributed by atoms with Gasteiger partial charge in [0.2, 0.25) is 5.83 Å². The quantitative estimate of drug-likeness (QED) is 0.724. The van der Waals surface area contributed by atoms with Gasteiger partial charge in [-0.2, -0.15) is 4.39 Å². The summed E-state index contributed by atoms with van der Waals surface area (Å²) in [4.78, 5) is 10.1. The summed E-state index contributed by atoms with van der Waals surface area (Å²) >= 11 is 0. The first kappa shape index (κ1) is 9.45. The Hall–Kier alpha value is -1.64. The van der Waals surface area contributed by atoms with Crippen LogP contribution in [0.5, 0.6) is 0 Å². The minimum Gasteiger partial charge on any atom is -0.476 e. The second kappa shape index (κ2) is 4.40. The number of halogens is 1. The fraction of sp³-hybridized carbons (Fsp3) is 0.100. The van der Waals surface area contributed by atoms with Gasteiger partial charge in [0.15, 0.2) is 0 Å². The lowest BCUT2D eigenvalue weighted by Crippen LogP contribution is -1.95. The van der Waals surface area contributed by atoms with E-state index in [2.05, 4.69) is 0 Å². The van der Waals surface area contributed by atoms with Crippen molar-refractivity contribution >= 4 is 5.97 Å². The third-order valence-electron chi connectivity index (χ3n) is 1.56. The maximum atomic E-state index is 12.5. The molecule has 0 unspecified atom stereocenters. The van der Waals surface area contributed by atoms with Crippen LogP contribution >= 0.6 is 0 Å². The largest absolute Gasteiger partial charge is 0.476 e. The number of hydrogen-bond acceptors (Lipinski definition) is 1. The summed E-state index contributed by atoms with van der Waals surface area (Å²) in [7, 11) is 0. The first-order valence-corrected chi connectivity index (χ1v) is 3.83. The molecule has 1 aromatic carbocycles. The molecule has 0 radical (unpaired) electrons. The van der Waals surface area contributed by atoms with E-state index in [1.54, 1.807) is 0 Å². The normalized spacial score (nSPS) is 11.3. The van der Waals surface area contributed by atoms with Crippen LogP contribution in [0.1, 0.15) is 5.56 Å². The highest BCUT2D eigenvalue weighted by molar-refractivity contribution is 5.83. The molecule has 0 fully saturated rings. The van der Waals surface area contributed by atoms with Gasteiger partial charge in [-0.1, -0.05) is 30.3 Å². The van der Waals surface area contributed by atoms with Gasteiger partial charge in [0.25, 0.3) is 0 Å². The topological polar surface area (TPSA) is 37.3 Å². The maximum absolute atomic E-state index is 12.5. The van der Waals surface area contributed by atoms with Gasteiger partial charge in [0, 0.05) is 0 Å². The number of carboxylic acid groups (broad SMARTS) is 1. The molecule has 0 saturated carbocycles. The summed E-state index contributed by atoms with van der Waals surface area (Å²) in [5.74, 6) is -2.63. The first-order chi connectivity index (χ1) is 6.20. The molecular formula is C10H9FO2. The van der Waals surface area contributed by atoms with Crippen molar-refractivity contribution in [2.24, 2.45) is 0 Å². The van der Waals surface area contributed by atoms with Crippen molar-refractivity contribution in [3.63, 3.8) is 0 Å². The summed E-state index contributed by atoms with van der Waals surface area (Å²) < 4.78 is 12.5. The van der Waals surface area contributed by atoms with Crippen LogP contribution in [0.25, 0.3) is 0 Å². The van der Waals surface area contributed by atoms with E-state index in [0.29, 0.717) is 6.42 Å². The van der Waals surface area contributed by atoms with Gasteiger partial charge in [0.05, 0.1) is 0 Å². The van der Waals surface area contributed by atoms with Gasteiger partial charge in [-0.05, 0) is 18.1 Å². The van der Waals surface area contributed by atoms with E-state index < -0.39 is 11.8 Å². The highest BCUT2D eigenvalue weighted by Gasteiger charge is 2.03. The molecule has 0 aliphatic rings. The molecule has 1 N–H and O–H groups in total. The van der Waals surface area contributed by atoms with Crippen LogP contribution in [0.15, 0.2) is 42.2 Å². The molecule has 0 atom stereocenters. The van der Waals surface area contributed by atoms with Crippen molar-refractivity contribution < 1.29 is 14.3 Å². The van der Waals surface area contributed by atoms with E-state index in [0.717, 1.165) is 11.6 Å². The van der Waals surface area contributed by atoms with Gasteiger partial charge in [-0.15, -0.1) is 0 Å². The summed E-state index contributed by atoms with van der Waals surface area (Å²) in [6.45, 7) is 0. The Morgan fingerprint density at radius 2 is 2.00 bits per heavy atom. The van der Waals surface area contributed by atoms with Crippen molar-refractivity contribution in [2.75, 3.05) is 0 Å². The van der Waals surface area contributed by atoms with Crippen LogP contribution in [0, 0.1) is 0 Å². The van der Waals surface area contributed by atoms with E-state index in [-0.39, 0.29) is 0 Å². The summed E-state index contributed by atoms with van der Waals surface area (Å²) in [6.07, 6.45) is 1.36. The molecule has 0 spiro atoms. The molecule has 3 heteroatoms. The van der Waals surface area contributed by atoms with Crippen LogP contribution in [0.4, 0.5) is 4.39 Å². The van der Waals surface area contributed by atoms with Gasteiger partial charge in [-0.3, -0.25) is 0 Å². The van der Waals surface area contributed by atoms with Crippen molar-refractivity contribution in [3.8, 4) is 0 Å². The fourth-order valence-corrected chi connectivity index (χ4v) is 0.909. The Morgan fingerprint density at radius 1 is 1.38 bits per heavy atom. The number of benzene rings is 1. The minimum absolute atomic E-state index is 0.305. The number of carbonyl (C=O) groups is 1. The molecule has 2 nitrogen and oxygen atoms in total. The number of aliphatic carboxylic acids is 1. The average molecular weight is 180 g/mol. The Bertz CT molecular complexity index is 317. The molecule has 0 aliphatic carbocycles. The van der Waals surface area contributed by atoms with Crippen LogP contribution in [-0.2, 0) is 11.2 Å². The standard InChI is InChI=1S/C10H9FO2/c11-9(10(12)13)7-6-8-4-2-1-3-5-8/h1-5,7H,6H2,(H,12,13)/b9-7-. The number of hydrogen-bond donors (Lipinski definition) is 1. The molecular weight excluding hydrogens is 171 g/mol. The molecule has 0 aliphatic heterocycles. The molecule has 1 aromatic rings. The maximum Gasteiger partial charge on any atom is 0.364 e. The van der Waals surface area contributed by atoms with Crippen molar-refractivity contribution in [1.29, 1.82) is 0 Å². The molecule has 13 heavy (non-hydrogen) atoms. The zero-order valence-corrected chi connectivity index (χ0v) is 6.90. The first-order valence-electron chi connectivity index (χ1n) is 3.83. The highest BCUT2D eigenvalue weighted by atomic mass is 19.1. The second-order valence-electron chi connectivity index (χ2n) is 2.55. The van der Waals surface area contributed by atoms with Gasteiger partial charge in [0.1, 0.15) is 0 Å². The zero-order valence-electron chi connectivity index (χ0n) is 6.90. The van der Waals surface area contributed by atoms with Crippen molar-refractivity contribution in [1.82, 2.24) is 0 Å². The predicted octanol–water partition coefficient (Wildman–Crippen LogP) is 2.17. The molecule has 68 valence electrons. The Labute approximate surface area is 75.3 Å². The minimum atomic E-state index is -1.52. The molecule has 0 bridgehead atoms. The van der Waals surface area contributed by atoms with E-state index in [9.17, 15) is 9.18 Å². The molecule has 0 amide bonds. The Morgan fingerprint density at radius 3 is 2.54 bits per heavy atom. The molecule has 0 heterocycles. The third kappa shape index (κ3) is 3.07. The average Bonchev–Trinajstić information content (AvgIpc) is 2.15. The second-order valence-corrected chi connectivity index (χ2v) is 2.55. The van der Waals surface area contributed by atoms with Crippen LogP contribution in [-0.4, -0.2) is 11.1 Å². The van der Waals surface area contributed by atoms with Gasteiger partial charge in [-0.25, -0.2) is 4.79 Å². The van der Waals surface area contributed by atoms with E-state index in [1.165, 1.54) is 0 Å². The lowest BCUT2D eigenvalue weighted by atomic mass is 10.1. The third-order valence-corrected chi connectivity index (χ3v) is 1.56. The lowest BCUT2D eigenvalue weighted by molar-refractivity contribution is -0.134. The molecule has 0 aromatic heterocycles. The van der Waals surface area contributed by atoms with Crippen LogP contribution < -0.4 is 0 Å². The SMILES string of the molecule is O=C(O)/C(F)=C/Cc1ccccc1. The van der Waals surface area contributed by atoms with Crippen LogP contribution in [0.2, 0.25) is 0 Å². The Kier molecular flexibility index (Phi) is 3.20.